The molecule has 2 amide bonds. The number of carbonyl (C=O) groups excluding carboxylic acids is 2. The van der Waals surface area contributed by atoms with Crippen LogP contribution >= 0.6 is 23.7 Å². The normalized spacial score (nSPS) is 35.6. The van der Waals surface area contributed by atoms with E-state index in [2.05, 4.69) is 10.3 Å². The first kappa shape index (κ1) is 19.1. The fourth-order valence-corrected chi connectivity index (χ4v) is 5.82. The molecule has 27 heavy (non-hydrogen) atoms. The molecule has 4 saturated heterocycles. The molecular formula is C18H25ClN4O3S. The van der Waals surface area contributed by atoms with Gasteiger partial charge in [-0.3, -0.25) is 14.5 Å². The maximum Gasteiger partial charge on any atom is 0.229 e. The van der Waals surface area contributed by atoms with E-state index in [0.29, 0.717) is 43.5 Å². The Hall–Kier alpha value is -1.22. The van der Waals surface area contributed by atoms with E-state index in [0.717, 1.165) is 12.8 Å². The second-order valence-corrected chi connectivity index (χ2v) is 8.93. The maximum atomic E-state index is 13.1. The minimum atomic E-state index is -0.264. The summed E-state index contributed by atoms with van der Waals surface area (Å²) >= 11 is 1.44. The van der Waals surface area contributed by atoms with Crippen LogP contribution in [0, 0.1) is 5.92 Å². The molecule has 2 unspecified atom stereocenters. The molecule has 1 aromatic heterocycles. The number of nitrogens with zero attached hydrogens (tertiary/aromatic N) is 3. The molecule has 4 fully saturated rings. The first-order valence-corrected chi connectivity index (χ1v) is 10.4. The van der Waals surface area contributed by atoms with Crippen molar-refractivity contribution in [1.29, 1.82) is 0 Å². The number of hydrogen-bond donors (Lipinski definition) is 1. The second kappa shape index (κ2) is 7.31. The number of rotatable bonds is 2. The van der Waals surface area contributed by atoms with Gasteiger partial charge in [-0.2, -0.15) is 0 Å². The van der Waals surface area contributed by atoms with Crippen LogP contribution in [0.25, 0.3) is 0 Å². The topological polar surface area (TPSA) is 74.8 Å². The summed E-state index contributed by atoms with van der Waals surface area (Å²) in [5.74, 6) is -0.160. The molecule has 0 aliphatic carbocycles. The lowest BCUT2D eigenvalue weighted by Crippen LogP contribution is -2.60. The Labute approximate surface area is 168 Å². The molecule has 4 aliphatic heterocycles. The number of halogens is 1. The number of fused-ring (bicyclic) bond motifs is 2. The van der Waals surface area contributed by atoms with Crippen LogP contribution in [0.2, 0.25) is 0 Å². The number of amides is 2. The van der Waals surface area contributed by atoms with E-state index in [1.165, 1.54) is 24.2 Å². The molecule has 7 nitrogen and oxygen atoms in total. The maximum absolute atomic E-state index is 13.1. The van der Waals surface area contributed by atoms with Crippen molar-refractivity contribution in [2.45, 2.75) is 49.8 Å². The third-order valence-corrected chi connectivity index (χ3v) is 7.05. The lowest BCUT2D eigenvalue weighted by Gasteiger charge is -2.47. The number of morpholine rings is 1. The molecule has 0 radical (unpaired) electrons. The van der Waals surface area contributed by atoms with E-state index in [1.54, 1.807) is 11.1 Å². The Kier molecular flexibility index (Phi) is 5.18. The van der Waals surface area contributed by atoms with Gasteiger partial charge in [0.25, 0.3) is 0 Å². The van der Waals surface area contributed by atoms with Gasteiger partial charge in [0.05, 0.1) is 18.1 Å². The Morgan fingerprint density at radius 1 is 1.33 bits per heavy atom. The van der Waals surface area contributed by atoms with E-state index < -0.39 is 0 Å². The van der Waals surface area contributed by atoms with Crippen molar-refractivity contribution in [3.8, 4) is 0 Å². The van der Waals surface area contributed by atoms with Gasteiger partial charge in [-0.05, 0) is 25.7 Å². The summed E-state index contributed by atoms with van der Waals surface area (Å²) in [6, 6.07) is 1.05. The molecule has 5 rings (SSSR count). The largest absolute Gasteiger partial charge is 0.371 e. The minimum Gasteiger partial charge on any atom is -0.371 e. The van der Waals surface area contributed by atoms with Crippen LogP contribution in [0.1, 0.15) is 32.1 Å². The first-order valence-electron chi connectivity index (χ1n) is 9.51. The van der Waals surface area contributed by atoms with Crippen LogP contribution < -0.4 is 10.2 Å². The first-order chi connectivity index (χ1) is 12.6. The van der Waals surface area contributed by atoms with Crippen molar-refractivity contribution >= 4 is 40.7 Å². The van der Waals surface area contributed by atoms with Crippen LogP contribution in [-0.2, 0) is 14.3 Å². The fraction of sp³-hybridized carbons (Fsp3) is 0.722. The predicted octanol–water partition coefficient (Wildman–Crippen LogP) is 1.43. The van der Waals surface area contributed by atoms with Crippen molar-refractivity contribution in [2.24, 2.45) is 5.92 Å². The minimum absolute atomic E-state index is 0. The molecule has 0 saturated carbocycles. The quantitative estimate of drug-likeness (QED) is 0.795. The van der Waals surface area contributed by atoms with E-state index >= 15 is 0 Å². The lowest BCUT2D eigenvalue weighted by molar-refractivity contribution is -0.161. The zero-order valence-electron chi connectivity index (χ0n) is 15.1. The summed E-state index contributed by atoms with van der Waals surface area (Å²) in [7, 11) is 0. The third kappa shape index (κ3) is 3.48. The summed E-state index contributed by atoms with van der Waals surface area (Å²) < 4.78 is 6.21. The van der Waals surface area contributed by atoms with Crippen molar-refractivity contribution in [2.75, 3.05) is 31.1 Å². The number of anilines is 1. The average Bonchev–Trinajstić information content (AvgIpc) is 3.35. The molecule has 1 N–H and O–H groups in total. The number of ether oxygens (including phenoxy) is 1. The van der Waals surface area contributed by atoms with Gasteiger partial charge < -0.3 is 15.0 Å². The van der Waals surface area contributed by atoms with Gasteiger partial charge in [0.15, 0.2) is 5.13 Å². The Balaban J connectivity index is 0.00000180. The van der Waals surface area contributed by atoms with E-state index in [4.69, 9.17) is 4.74 Å². The predicted molar refractivity (Wildman–Crippen MR) is 104 cm³/mol. The van der Waals surface area contributed by atoms with Gasteiger partial charge in [0, 0.05) is 49.7 Å². The monoisotopic (exact) mass is 412 g/mol. The number of aromatic nitrogens is 1. The standard InChI is InChI=1S/C18H24N4O3S.ClH/c23-15-7-12(10-22(15)17-19-3-6-26-17)16(24)21-4-5-25-18(11-21)8-13-1-2-14(9-18)20-13;/h3,6,12-14,20H,1-2,4-5,7-11H2;1H/t12?,13-,14+,18?;. The molecule has 2 bridgehead atoms. The molecule has 5 heterocycles. The van der Waals surface area contributed by atoms with Crippen LogP contribution in [0.5, 0.6) is 0 Å². The highest BCUT2D eigenvalue weighted by Gasteiger charge is 2.49. The molecular weight excluding hydrogens is 388 g/mol. The Morgan fingerprint density at radius 3 is 2.81 bits per heavy atom. The molecule has 1 spiro atoms. The van der Waals surface area contributed by atoms with Gasteiger partial charge in [0.1, 0.15) is 0 Å². The van der Waals surface area contributed by atoms with Gasteiger partial charge in [-0.25, -0.2) is 4.98 Å². The van der Waals surface area contributed by atoms with Crippen LogP contribution in [-0.4, -0.2) is 65.6 Å². The lowest BCUT2D eigenvalue weighted by atomic mass is 9.85. The smallest absolute Gasteiger partial charge is 0.229 e. The number of hydrogen-bond acceptors (Lipinski definition) is 6. The van der Waals surface area contributed by atoms with Crippen LogP contribution in [0.3, 0.4) is 0 Å². The molecule has 1 aromatic rings. The van der Waals surface area contributed by atoms with Gasteiger partial charge in [0.2, 0.25) is 11.8 Å². The summed E-state index contributed by atoms with van der Waals surface area (Å²) in [6.45, 7) is 2.35. The summed E-state index contributed by atoms with van der Waals surface area (Å²) in [4.78, 5) is 33.3. The van der Waals surface area contributed by atoms with Crippen molar-refractivity contribution in [3.05, 3.63) is 11.6 Å². The van der Waals surface area contributed by atoms with Gasteiger partial charge in [-0.15, -0.1) is 23.7 Å². The van der Waals surface area contributed by atoms with E-state index in [1.807, 2.05) is 10.3 Å². The van der Waals surface area contributed by atoms with Crippen molar-refractivity contribution < 1.29 is 14.3 Å². The van der Waals surface area contributed by atoms with Gasteiger partial charge >= 0.3 is 0 Å². The SMILES string of the molecule is Cl.O=C(C1CC(=O)N(c2nccs2)C1)N1CCOC2(C[C@H]3CC[C@@H](C2)N3)C1. The molecule has 9 heteroatoms. The average molecular weight is 413 g/mol. The molecule has 0 aromatic carbocycles. The Morgan fingerprint density at radius 2 is 2.11 bits per heavy atom. The molecule has 148 valence electrons. The summed E-state index contributed by atoms with van der Waals surface area (Å²) in [5, 5.41) is 6.20. The highest BCUT2D eigenvalue weighted by molar-refractivity contribution is 7.13. The Bertz CT molecular complexity index is 703. The third-order valence-electron chi connectivity index (χ3n) is 6.26. The number of carbonyl (C=O) groups is 2. The van der Waals surface area contributed by atoms with Crippen molar-refractivity contribution in [1.82, 2.24) is 15.2 Å². The zero-order valence-corrected chi connectivity index (χ0v) is 16.8. The molecule has 4 aliphatic rings. The number of piperidine rings is 1. The van der Waals surface area contributed by atoms with Crippen LogP contribution in [0.15, 0.2) is 11.6 Å². The fourth-order valence-electron chi connectivity index (χ4n) is 5.15. The number of thiazole rings is 1. The van der Waals surface area contributed by atoms with E-state index in [9.17, 15) is 9.59 Å². The van der Waals surface area contributed by atoms with Gasteiger partial charge in [-0.1, -0.05) is 0 Å². The molecule has 4 atom stereocenters. The van der Waals surface area contributed by atoms with E-state index in [-0.39, 0.29) is 42.2 Å². The highest BCUT2D eigenvalue weighted by Crippen LogP contribution is 2.39. The summed E-state index contributed by atoms with van der Waals surface area (Å²) in [6.07, 6.45) is 6.38. The summed E-state index contributed by atoms with van der Waals surface area (Å²) in [5.41, 5.74) is -0.192. The second-order valence-electron chi connectivity index (χ2n) is 8.06. The zero-order chi connectivity index (χ0) is 17.7. The highest BCUT2D eigenvalue weighted by atomic mass is 35.5. The van der Waals surface area contributed by atoms with Crippen molar-refractivity contribution in [3.63, 3.8) is 0 Å². The number of nitrogens with one attached hydrogen (secondary N) is 1. The van der Waals surface area contributed by atoms with Crippen LogP contribution in [0.4, 0.5) is 5.13 Å².